The van der Waals surface area contributed by atoms with Crippen LogP contribution in [0.1, 0.15) is 17.2 Å². The molecule has 0 radical (unpaired) electrons. The molecule has 0 saturated carbocycles. The van der Waals surface area contributed by atoms with Gasteiger partial charge in [0.15, 0.2) is 0 Å². The zero-order valence-electron chi connectivity index (χ0n) is 8.94. The summed E-state index contributed by atoms with van der Waals surface area (Å²) in [6.45, 7) is 7.29. The van der Waals surface area contributed by atoms with Crippen LogP contribution in [0.4, 0.5) is 0 Å². The summed E-state index contributed by atoms with van der Waals surface area (Å²) in [7, 11) is 1.50. The van der Waals surface area contributed by atoms with Gasteiger partial charge < -0.3 is 9.84 Å². The molecule has 1 unspecified atom stereocenters. The zero-order valence-corrected chi connectivity index (χ0v) is 8.94. The van der Waals surface area contributed by atoms with Crippen LogP contribution in [-0.2, 0) is 11.2 Å². The van der Waals surface area contributed by atoms with Crippen LogP contribution in [0.3, 0.4) is 0 Å². The molecular formula is C13H16O2. The highest BCUT2D eigenvalue weighted by Gasteiger charge is 2.11. The van der Waals surface area contributed by atoms with Crippen LogP contribution in [0.5, 0.6) is 0 Å². The van der Waals surface area contributed by atoms with Gasteiger partial charge in [-0.15, -0.1) is 6.58 Å². The average molecular weight is 204 g/mol. The first-order valence-corrected chi connectivity index (χ1v) is 4.79. The third-order valence-corrected chi connectivity index (χ3v) is 2.24. The smallest absolute Gasteiger partial charge is 0.135 e. The van der Waals surface area contributed by atoms with E-state index in [1.54, 1.807) is 0 Å². The van der Waals surface area contributed by atoms with Crippen molar-refractivity contribution in [3.05, 3.63) is 60.4 Å². The van der Waals surface area contributed by atoms with Crippen molar-refractivity contribution in [1.29, 1.82) is 0 Å². The minimum Gasteiger partial charge on any atom is -0.499 e. The molecule has 1 aromatic carbocycles. The zero-order chi connectivity index (χ0) is 11.3. The van der Waals surface area contributed by atoms with E-state index in [1.807, 2.05) is 30.3 Å². The van der Waals surface area contributed by atoms with E-state index in [0.717, 1.165) is 12.0 Å². The summed E-state index contributed by atoms with van der Waals surface area (Å²) < 4.78 is 4.88. The monoisotopic (exact) mass is 204 g/mol. The van der Waals surface area contributed by atoms with E-state index in [0.29, 0.717) is 5.76 Å². The van der Waals surface area contributed by atoms with E-state index in [4.69, 9.17) is 4.74 Å². The normalized spacial score (nSPS) is 11.9. The summed E-state index contributed by atoms with van der Waals surface area (Å²) in [4.78, 5) is 0. The Kier molecular flexibility index (Phi) is 4.13. The Morgan fingerprint density at radius 2 is 2.07 bits per heavy atom. The van der Waals surface area contributed by atoms with Crippen LogP contribution >= 0.6 is 0 Å². The lowest BCUT2D eigenvalue weighted by atomic mass is 10.0. The molecule has 80 valence electrons. The van der Waals surface area contributed by atoms with Crippen LogP contribution in [0, 0.1) is 0 Å². The Morgan fingerprint density at radius 1 is 1.47 bits per heavy atom. The molecule has 15 heavy (non-hydrogen) atoms. The van der Waals surface area contributed by atoms with Gasteiger partial charge in [0.05, 0.1) is 7.11 Å². The van der Waals surface area contributed by atoms with E-state index in [-0.39, 0.29) is 0 Å². The highest BCUT2D eigenvalue weighted by molar-refractivity contribution is 5.28. The summed E-state index contributed by atoms with van der Waals surface area (Å²) in [6, 6.07) is 7.66. The molecule has 1 rings (SSSR count). The molecule has 0 bridgehead atoms. The number of ether oxygens (including phenoxy) is 1. The number of benzene rings is 1. The number of allylic oxidation sites excluding steroid dienone is 1. The van der Waals surface area contributed by atoms with Gasteiger partial charge in [-0.1, -0.05) is 36.9 Å². The highest BCUT2D eigenvalue weighted by Crippen LogP contribution is 2.20. The van der Waals surface area contributed by atoms with Crippen molar-refractivity contribution in [2.24, 2.45) is 0 Å². The Bertz CT molecular complexity index is 338. The van der Waals surface area contributed by atoms with Crippen molar-refractivity contribution >= 4 is 0 Å². The fourth-order valence-corrected chi connectivity index (χ4v) is 1.30. The van der Waals surface area contributed by atoms with E-state index in [2.05, 4.69) is 13.2 Å². The molecule has 0 aromatic heterocycles. The highest BCUT2D eigenvalue weighted by atomic mass is 16.5. The Hall–Kier alpha value is -1.54. The van der Waals surface area contributed by atoms with Crippen molar-refractivity contribution in [3.8, 4) is 0 Å². The number of hydrogen-bond acceptors (Lipinski definition) is 2. The summed E-state index contributed by atoms with van der Waals surface area (Å²) in [5.41, 5.74) is 1.96. The van der Waals surface area contributed by atoms with Gasteiger partial charge in [-0.3, -0.25) is 0 Å². The molecule has 1 atom stereocenters. The quantitative estimate of drug-likeness (QED) is 0.590. The number of hydrogen-bond donors (Lipinski definition) is 1. The maximum atomic E-state index is 9.77. The molecule has 0 amide bonds. The largest absolute Gasteiger partial charge is 0.499 e. The third kappa shape index (κ3) is 2.96. The first-order chi connectivity index (χ1) is 7.19. The van der Waals surface area contributed by atoms with Crippen LogP contribution in [-0.4, -0.2) is 12.2 Å². The molecule has 0 aliphatic rings. The first kappa shape index (κ1) is 11.5. The summed E-state index contributed by atoms with van der Waals surface area (Å²) in [6.07, 6.45) is 1.92. The minimum absolute atomic E-state index is 0.353. The lowest BCUT2D eigenvalue weighted by Gasteiger charge is -2.12. The van der Waals surface area contributed by atoms with E-state index >= 15 is 0 Å². The van der Waals surface area contributed by atoms with Gasteiger partial charge in [0.2, 0.25) is 0 Å². The van der Waals surface area contributed by atoms with Crippen LogP contribution < -0.4 is 0 Å². The predicted molar refractivity (Wildman–Crippen MR) is 61.5 cm³/mol. The maximum Gasteiger partial charge on any atom is 0.135 e. The van der Waals surface area contributed by atoms with Gasteiger partial charge in [-0.25, -0.2) is 0 Å². The SMILES string of the molecule is C=CCc1ccc(C(O)C(=C)OC)cc1. The second kappa shape index (κ2) is 5.37. The van der Waals surface area contributed by atoms with E-state index in [1.165, 1.54) is 12.7 Å². The minimum atomic E-state index is -0.757. The summed E-state index contributed by atoms with van der Waals surface area (Å²) in [5, 5.41) is 9.77. The van der Waals surface area contributed by atoms with Crippen LogP contribution in [0.2, 0.25) is 0 Å². The lowest BCUT2D eigenvalue weighted by molar-refractivity contribution is 0.130. The van der Waals surface area contributed by atoms with Gasteiger partial charge in [0, 0.05) is 0 Å². The molecule has 0 aliphatic heterocycles. The number of aliphatic hydroxyl groups is 1. The van der Waals surface area contributed by atoms with Crippen molar-refractivity contribution < 1.29 is 9.84 Å². The van der Waals surface area contributed by atoms with E-state index in [9.17, 15) is 5.11 Å². The average Bonchev–Trinajstić information content (AvgIpc) is 2.28. The molecule has 0 aliphatic carbocycles. The van der Waals surface area contributed by atoms with Crippen LogP contribution in [0.15, 0.2) is 49.3 Å². The predicted octanol–water partition coefficient (Wildman–Crippen LogP) is 2.61. The Morgan fingerprint density at radius 3 is 2.53 bits per heavy atom. The van der Waals surface area contributed by atoms with Gasteiger partial charge >= 0.3 is 0 Å². The van der Waals surface area contributed by atoms with Crippen molar-refractivity contribution in [3.63, 3.8) is 0 Å². The summed E-state index contributed by atoms with van der Waals surface area (Å²) >= 11 is 0. The molecule has 0 spiro atoms. The third-order valence-electron chi connectivity index (χ3n) is 2.24. The second-order valence-corrected chi connectivity index (χ2v) is 3.31. The molecule has 2 nitrogen and oxygen atoms in total. The lowest BCUT2D eigenvalue weighted by Crippen LogP contribution is -2.02. The van der Waals surface area contributed by atoms with Crippen molar-refractivity contribution in [2.75, 3.05) is 7.11 Å². The number of methoxy groups -OCH3 is 1. The van der Waals surface area contributed by atoms with E-state index < -0.39 is 6.10 Å². The van der Waals surface area contributed by atoms with Gasteiger partial charge in [-0.05, 0) is 17.5 Å². The second-order valence-electron chi connectivity index (χ2n) is 3.31. The standard InChI is InChI=1S/C13H16O2/c1-4-5-11-6-8-12(9-7-11)13(14)10(2)15-3/h4,6-9,13-14H,1-2,5H2,3H3. The number of aliphatic hydroxyl groups excluding tert-OH is 1. The van der Waals surface area contributed by atoms with Gasteiger partial charge in [0.1, 0.15) is 11.9 Å². The fraction of sp³-hybridized carbons (Fsp3) is 0.231. The van der Waals surface area contributed by atoms with Crippen molar-refractivity contribution in [2.45, 2.75) is 12.5 Å². The number of rotatable bonds is 5. The maximum absolute atomic E-state index is 9.77. The molecule has 0 fully saturated rings. The molecule has 2 heteroatoms. The fourth-order valence-electron chi connectivity index (χ4n) is 1.30. The Balaban J connectivity index is 2.79. The molecule has 0 saturated heterocycles. The molecule has 1 aromatic rings. The Labute approximate surface area is 90.5 Å². The molecule has 1 N–H and O–H groups in total. The van der Waals surface area contributed by atoms with Crippen LogP contribution in [0.25, 0.3) is 0 Å². The molecule has 0 heterocycles. The van der Waals surface area contributed by atoms with Gasteiger partial charge in [-0.2, -0.15) is 0 Å². The topological polar surface area (TPSA) is 29.5 Å². The van der Waals surface area contributed by atoms with Gasteiger partial charge in [0.25, 0.3) is 0 Å². The molecular weight excluding hydrogens is 188 g/mol. The first-order valence-electron chi connectivity index (χ1n) is 4.79. The van der Waals surface area contributed by atoms with Crippen molar-refractivity contribution in [1.82, 2.24) is 0 Å². The summed E-state index contributed by atoms with van der Waals surface area (Å²) in [5.74, 6) is 0.353.